The quantitative estimate of drug-likeness (QED) is 0.0861. The van der Waals surface area contributed by atoms with Crippen LogP contribution in [0.2, 0.25) is 0 Å². The Bertz CT molecular complexity index is 2170. The lowest BCUT2D eigenvalue weighted by Crippen LogP contribution is -2.45. The van der Waals surface area contributed by atoms with Crippen molar-refractivity contribution in [2.24, 2.45) is 0 Å². The van der Waals surface area contributed by atoms with E-state index in [2.05, 4.69) is 104 Å². The molecule has 8 rings (SSSR count). The average Bonchev–Trinajstić information content (AvgIpc) is 3.33. The van der Waals surface area contributed by atoms with Gasteiger partial charge in [0.25, 0.3) is 11.8 Å². The van der Waals surface area contributed by atoms with Crippen LogP contribution in [0.15, 0.2) is 91.0 Å². The number of nitrogens with one attached hydrogen (secondary N) is 4. The number of carbonyl (C=O) groups excluding carboxylic acids is 2. The van der Waals surface area contributed by atoms with Crippen LogP contribution in [0.4, 0.5) is 0 Å². The highest BCUT2D eigenvalue weighted by Gasteiger charge is 2.29. The third kappa shape index (κ3) is 11.9. The average molecular weight is 873 g/mol. The van der Waals surface area contributed by atoms with E-state index in [1.165, 1.54) is 22.3 Å². The van der Waals surface area contributed by atoms with E-state index in [9.17, 15) is 19.8 Å². The molecule has 4 heterocycles. The molecule has 0 aromatic heterocycles. The molecule has 12 nitrogen and oxygen atoms in total. The molecule has 6 N–H and O–H groups in total. The van der Waals surface area contributed by atoms with Crippen molar-refractivity contribution in [2.75, 3.05) is 58.9 Å². The van der Waals surface area contributed by atoms with E-state index in [1.54, 1.807) is 13.8 Å². The molecule has 4 aromatic rings. The molecule has 12 heteroatoms. The summed E-state index contributed by atoms with van der Waals surface area (Å²) in [5.74, 6) is 1.41. The van der Waals surface area contributed by atoms with Gasteiger partial charge in [-0.3, -0.25) is 19.4 Å². The van der Waals surface area contributed by atoms with Gasteiger partial charge < -0.3 is 41.0 Å². The number of benzene rings is 4. The molecular formula is C52H68N6O6. The van der Waals surface area contributed by atoms with Crippen molar-refractivity contribution in [3.05, 3.63) is 130 Å². The Morgan fingerprint density at radius 2 is 1.22 bits per heavy atom. The molecule has 0 spiro atoms. The first-order valence-corrected chi connectivity index (χ1v) is 23.7. The Hall–Kier alpha value is -4.82. The fourth-order valence-electron chi connectivity index (χ4n) is 10.0. The number of fused-ring (bicyclic) bond motifs is 2. The lowest BCUT2D eigenvalue weighted by Gasteiger charge is -2.33. The minimum absolute atomic E-state index is 0.0991. The van der Waals surface area contributed by atoms with Gasteiger partial charge in [-0.2, -0.15) is 0 Å². The predicted molar refractivity (Wildman–Crippen MR) is 250 cm³/mol. The van der Waals surface area contributed by atoms with Crippen molar-refractivity contribution in [1.29, 1.82) is 0 Å². The van der Waals surface area contributed by atoms with Gasteiger partial charge in [-0.15, -0.1) is 0 Å². The van der Waals surface area contributed by atoms with Gasteiger partial charge in [-0.25, -0.2) is 0 Å². The fraction of sp³-hybridized carbons (Fsp3) is 0.500. The summed E-state index contributed by atoms with van der Waals surface area (Å²) in [7, 11) is 0. The SMILES string of the molecule is CC(Oc1cc(C2CCC(c3ccccc3OC(C)C(=O)NCC(O)CN3CCc4ccccc4C3)CN2)ccc1C1CCCNC1)C(=O)NCC(O)CN1CCc2ccccc2C1. The monoisotopic (exact) mass is 873 g/mol. The maximum atomic E-state index is 13.4. The van der Waals surface area contributed by atoms with Gasteiger partial charge in [0.05, 0.1) is 12.2 Å². The van der Waals surface area contributed by atoms with Gasteiger partial charge in [0.2, 0.25) is 0 Å². The summed E-state index contributed by atoms with van der Waals surface area (Å²) in [6.45, 7) is 10.8. The summed E-state index contributed by atoms with van der Waals surface area (Å²) in [4.78, 5) is 31.1. The smallest absolute Gasteiger partial charge is 0.260 e. The number of amides is 2. The number of nitrogens with zero attached hydrogens (tertiary/aromatic N) is 2. The second-order valence-electron chi connectivity index (χ2n) is 18.4. The van der Waals surface area contributed by atoms with Gasteiger partial charge >= 0.3 is 0 Å². The summed E-state index contributed by atoms with van der Waals surface area (Å²) >= 11 is 0. The lowest BCUT2D eigenvalue weighted by atomic mass is 9.85. The van der Waals surface area contributed by atoms with Crippen molar-refractivity contribution < 1.29 is 29.3 Å². The molecule has 2 amide bonds. The van der Waals surface area contributed by atoms with Crippen LogP contribution in [0.5, 0.6) is 11.5 Å². The number of hydrogen-bond acceptors (Lipinski definition) is 10. The Morgan fingerprint density at radius 1 is 0.672 bits per heavy atom. The van der Waals surface area contributed by atoms with Gasteiger partial charge in [-0.1, -0.05) is 78.9 Å². The molecular weight excluding hydrogens is 805 g/mol. The summed E-state index contributed by atoms with van der Waals surface area (Å²) in [6, 6.07) is 31.5. The van der Waals surface area contributed by atoms with Crippen LogP contribution in [0.3, 0.4) is 0 Å². The van der Waals surface area contributed by atoms with Gasteiger partial charge in [0, 0.05) is 83.3 Å². The van der Waals surface area contributed by atoms with Crippen LogP contribution >= 0.6 is 0 Å². The van der Waals surface area contributed by atoms with Crippen LogP contribution in [0.25, 0.3) is 0 Å². The number of aliphatic hydroxyl groups excluding tert-OH is 2. The zero-order valence-corrected chi connectivity index (χ0v) is 37.6. The molecule has 0 bridgehead atoms. The number of hydrogen-bond donors (Lipinski definition) is 6. The maximum Gasteiger partial charge on any atom is 0.260 e. The minimum Gasteiger partial charge on any atom is -0.481 e. The Labute approximate surface area is 379 Å². The Morgan fingerprint density at radius 3 is 1.80 bits per heavy atom. The summed E-state index contributed by atoms with van der Waals surface area (Å²) in [5, 5.41) is 34.9. The predicted octanol–water partition coefficient (Wildman–Crippen LogP) is 4.97. The second-order valence-corrected chi connectivity index (χ2v) is 18.4. The summed E-state index contributed by atoms with van der Waals surface area (Å²) in [6.07, 6.45) is 3.02. The number of piperidine rings is 2. The molecule has 64 heavy (non-hydrogen) atoms. The normalized spacial score (nSPS) is 22.2. The third-order valence-corrected chi connectivity index (χ3v) is 13.7. The van der Waals surface area contributed by atoms with Gasteiger partial charge in [-0.05, 0) is 110 Å². The highest BCUT2D eigenvalue weighted by molar-refractivity contribution is 5.81. The van der Waals surface area contributed by atoms with Crippen molar-refractivity contribution >= 4 is 11.8 Å². The van der Waals surface area contributed by atoms with Gasteiger partial charge in [0.15, 0.2) is 12.2 Å². The standard InChI is InChI=1S/C52H68N6O6/c1-35(51(61)55-29-44(59)33-57-24-21-37-10-3-5-12-42(37)31-57)63-49-16-8-7-15-46(49)41-18-20-48(54-28-41)39-17-19-47(40-14-9-23-53-27-40)50(26-39)64-36(2)52(62)56-30-45(60)34-58-25-22-38-11-4-6-13-43(38)32-58/h3-8,10-13,15-17,19,26,35-36,40-41,44-45,48,53-54,59-60H,9,14,18,20-25,27-34H2,1-2H3,(H,55,61)(H,56,62). The molecule has 7 atom stereocenters. The Balaban J connectivity index is 0.829. The number of aliphatic hydroxyl groups is 2. The van der Waals surface area contributed by atoms with Crippen LogP contribution in [0, 0.1) is 0 Å². The van der Waals surface area contributed by atoms with E-state index in [0.717, 1.165) is 107 Å². The first-order valence-electron chi connectivity index (χ1n) is 23.7. The van der Waals surface area contributed by atoms with Gasteiger partial charge in [0.1, 0.15) is 11.5 Å². The fourth-order valence-corrected chi connectivity index (χ4v) is 10.0. The van der Waals surface area contributed by atoms with E-state index in [0.29, 0.717) is 18.8 Å². The highest BCUT2D eigenvalue weighted by Crippen LogP contribution is 2.39. The number of rotatable bonds is 17. The lowest BCUT2D eigenvalue weighted by molar-refractivity contribution is -0.128. The van der Waals surface area contributed by atoms with Crippen LogP contribution in [-0.2, 0) is 35.5 Å². The first-order chi connectivity index (χ1) is 31.2. The molecule has 4 aliphatic rings. The van der Waals surface area contributed by atoms with Crippen molar-refractivity contribution in [1.82, 2.24) is 31.1 Å². The summed E-state index contributed by atoms with van der Waals surface area (Å²) in [5.41, 5.74) is 8.63. The zero-order chi connectivity index (χ0) is 44.4. The number of β-amino-alcohol motifs (C(OH)–C–C–N with tert-alkyl or cyclic N) is 2. The first kappa shape index (κ1) is 45.7. The second kappa shape index (κ2) is 21.9. The zero-order valence-electron chi connectivity index (χ0n) is 37.6. The topological polar surface area (TPSA) is 148 Å². The number of para-hydroxylation sites is 1. The molecule has 4 aliphatic heterocycles. The van der Waals surface area contributed by atoms with E-state index in [1.807, 2.05) is 18.2 Å². The molecule has 2 saturated heterocycles. The van der Waals surface area contributed by atoms with E-state index in [-0.39, 0.29) is 42.8 Å². The number of ether oxygens (including phenoxy) is 2. The summed E-state index contributed by atoms with van der Waals surface area (Å²) < 4.78 is 12.8. The molecule has 4 aromatic carbocycles. The largest absolute Gasteiger partial charge is 0.481 e. The minimum atomic E-state index is -0.743. The van der Waals surface area contributed by atoms with Crippen molar-refractivity contribution in [3.8, 4) is 11.5 Å². The van der Waals surface area contributed by atoms with Crippen molar-refractivity contribution in [2.45, 2.75) is 108 Å². The van der Waals surface area contributed by atoms with E-state index < -0.39 is 24.4 Å². The molecule has 0 saturated carbocycles. The third-order valence-electron chi connectivity index (χ3n) is 13.7. The Kier molecular flexibility index (Phi) is 15.7. The van der Waals surface area contributed by atoms with Crippen LogP contribution < -0.4 is 30.7 Å². The van der Waals surface area contributed by atoms with E-state index in [4.69, 9.17) is 9.47 Å². The van der Waals surface area contributed by atoms with Crippen molar-refractivity contribution in [3.63, 3.8) is 0 Å². The highest BCUT2D eigenvalue weighted by atomic mass is 16.5. The molecule has 2 fully saturated rings. The molecule has 7 unspecified atom stereocenters. The van der Waals surface area contributed by atoms with Crippen LogP contribution in [-0.4, -0.2) is 115 Å². The maximum absolute atomic E-state index is 13.4. The molecule has 0 radical (unpaired) electrons. The molecule has 342 valence electrons. The van der Waals surface area contributed by atoms with E-state index >= 15 is 0 Å². The molecule has 0 aliphatic carbocycles. The van der Waals surface area contributed by atoms with Crippen LogP contribution in [0.1, 0.15) is 96.4 Å². The number of carbonyl (C=O) groups is 2.